The minimum absolute atomic E-state index is 0.668. The van der Waals surface area contributed by atoms with Crippen molar-refractivity contribution in [3.63, 3.8) is 0 Å². The van der Waals surface area contributed by atoms with E-state index in [2.05, 4.69) is 69.3 Å². The number of benzene rings is 1. The molecule has 1 aromatic carbocycles. The van der Waals surface area contributed by atoms with Crippen molar-refractivity contribution in [3.05, 3.63) is 64.8 Å². The van der Waals surface area contributed by atoms with Gasteiger partial charge in [-0.05, 0) is 0 Å². The molecular weight excluding hydrogens is 479 g/mol. The summed E-state index contributed by atoms with van der Waals surface area (Å²) in [5.74, 6) is 1.50. The van der Waals surface area contributed by atoms with Gasteiger partial charge in [-0.2, -0.15) is 0 Å². The molecule has 1 heteroatoms. The number of unbranched alkanes of at least 4 members (excludes halogenated alkanes) is 1. The van der Waals surface area contributed by atoms with Crippen LogP contribution in [0.5, 0.6) is 0 Å². The second kappa shape index (κ2) is 7.74. The Morgan fingerprint density at radius 1 is 1.15 bits per heavy atom. The summed E-state index contributed by atoms with van der Waals surface area (Å²) in [6.07, 6.45) is 15.2. The molecule has 0 aromatic heterocycles. The molecule has 138 valence electrons. The predicted molar refractivity (Wildman–Crippen MR) is 112 cm³/mol. The van der Waals surface area contributed by atoms with Gasteiger partial charge in [0.2, 0.25) is 0 Å². The molecule has 2 aliphatic carbocycles. The molecule has 1 heterocycles. The first-order valence-electron chi connectivity index (χ1n) is 10.8. The topological polar surface area (TPSA) is 0 Å². The van der Waals surface area contributed by atoms with E-state index >= 15 is 0 Å². The number of fused-ring (bicyclic) bond motifs is 1. The van der Waals surface area contributed by atoms with E-state index in [1.807, 2.05) is 5.57 Å². The average molecular weight is 513 g/mol. The second-order valence-electron chi connectivity index (χ2n) is 8.88. The summed E-state index contributed by atoms with van der Waals surface area (Å²) >= 11 is -2.12. The molecule has 3 unspecified atom stereocenters. The Balaban J connectivity index is 1.71. The number of rotatable bonds is 8. The molecule has 0 N–H and O–H groups in total. The Labute approximate surface area is 164 Å². The molecule has 26 heavy (non-hydrogen) atoms. The first-order chi connectivity index (χ1) is 12.7. The van der Waals surface area contributed by atoms with Gasteiger partial charge in [0.25, 0.3) is 0 Å². The summed E-state index contributed by atoms with van der Waals surface area (Å²) in [4.78, 5) is 0. The normalized spacial score (nSPS) is 24.8. The Hall–Kier alpha value is -0.690. The first-order valence-corrected chi connectivity index (χ1v) is 20.5. The molecular formula is C25H34Hf. The fourth-order valence-corrected chi connectivity index (χ4v) is 33.9. The van der Waals surface area contributed by atoms with Crippen molar-refractivity contribution in [1.82, 2.24) is 0 Å². The summed E-state index contributed by atoms with van der Waals surface area (Å²) in [5.41, 5.74) is 6.55. The molecule has 0 saturated carbocycles. The third kappa shape index (κ3) is 3.30. The van der Waals surface area contributed by atoms with E-state index in [1.54, 1.807) is 23.7 Å². The fraction of sp³-hybridized carbons (Fsp3) is 0.520. The number of hydrogen-bond donors (Lipinski definition) is 0. The summed E-state index contributed by atoms with van der Waals surface area (Å²) in [5, 5.41) is 0. The molecule has 0 bridgehead atoms. The van der Waals surface area contributed by atoms with Crippen LogP contribution in [0.2, 0.25) is 16.2 Å². The van der Waals surface area contributed by atoms with Crippen LogP contribution >= 0.6 is 0 Å². The van der Waals surface area contributed by atoms with Crippen molar-refractivity contribution in [2.24, 2.45) is 5.92 Å². The van der Waals surface area contributed by atoms with Crippen molar-refractivity contribution < 1.29 is 20.0 Å². The van der Waals surface area contributed by atoms with Gasteiger partial charge in [-0.1, -0.05) is 0 Å². The summed E-state index contributed by atoms with van der Waals surface area (Å²) in [6, 6.07) is 9.20. The van der Waals surface area contributed by atoms with Crippen molar-refractivity contribution in [2.75, 3.05) is 0 Å². The maximum absolute atomic E-state index is 2.51. The SMILES string of the molecule is CCC[CH2][Hf]1([CH](C2=CC=CC2)C(CC)C2C(C)=Cc3ccccc32)[CH2][CH2]1. The number of hydrogen-bond acceptors (Lipinski definition) is 0. The quantitative estimate of drug-likeness (QED) is 0.308. The van der Waals surface area contributed by atoms with Crippen molar-refractivity contribution in [3.8, 4) is 0 Å². The molecule has 0 amide bonds. The van der Waals surface area contributed by atoms with Crippen LogP contribution in [0, 0.1) is 5.92 Å². The molecule has 0 spiro atoms. The molecule has 1 saturated heterocycles. The van der Waals surface area contributed by atoms with E-state index in [0.717, 1.165) is 9.59 Å². The van der Waals surface area contributed by atoms with Crippen molar-refractivity contribution in [1.29, 1.82) is 0 Å². The van der Waals surface area contributed by atoms with Crippen LogP contribution in [0.4, 0.5) is 0 Å². The minimum atomic E-state index is -2.12. The third-order valence-electron chi connectivity index (χ3n) is 7.31. The summed E-state index contributed by atoms with van der Waals surface area (Å²) in [7, 11) is 0. The van der Waals surface area contributed by atoms with Gasteiger partial charge in [0.05, 0.1) is 0 Å². The molecule has 0 radical (unpaired) electrons. The van der Waals surface area contributed by atoms with Crippen molar-refractivity contribution in [2.45, 2.75) is 68.6 Å². The molecule has 1 fully saturated rings. The van der Waals surface area contributed by atoms with Crippen LogP contribution in [0.3, 0.4) is 0 Å². The van der Waals surface area contributed by atoms with E-state index < -0.39 is 20.0 Å². The van der Waals surface area contributed by atoms with Gasteiger partial charge in [0, 0.05) is 0 Å². The third-order valence-corrected chi connectivity index (χ3v) is 26.2. The van der Waals surface area contributed by atoms with E-state index in [9.17, 15) is 0 Å². The zero-order valence-electron chi connectivity index (χ0n) is 16.8. The van der Waals surface area contributed by atoms with Gasteiger partial charge >= 0.3 is 165 Å². The monoisotopic (exact) mass is 514 g/mol. The van der Waals surface area contributed by atoms with Crippen LogP contribution in [0.25, 0.3) is 6.08 Å². The molecule has 0 nitrogen and oxygen atoms in total. The van der Waals surface area contributed by atoms with E-state index in [0.29, 0.717) is 5.92 Å². The standard InChI is InChI=1S/C19H21.C4H9.C2H4.Hf/c1-3-16(13-15-8-4-5-9-15)19-14(2)12-17-10-6-7-11-18(17)19;1-3-4-2;1-2;/h4-8,10-13,16,19H,3,9H2,1-2H3;1,3-4H2,2H3;1-2H2;. The first kappa shape index (κ1) is 18.7. The van der Waals surface area contributed by atoms with Crippen LogP contribution in [0.1, 0.15) is 63.5 Å². The van der Waals surface area contributed by atoms with Gasteiger partial charge in [0.1, 0.15) is 0 Å². The van der Waals surface area contributed by atoms with E-state index in [4.69, 9.17) is 0 Å². The van der Waals surface area contributed by atoms with Crippen LogP contribution in [-0.4, -0.2) is 0 Å². The Morgan fingerprint density at radius 3 is 2.62 bits per heavy atom. The molecule has 3 aliphatic rings. The van der Waals surface area contributed by atoms with Gasteiger partial charge in [-0.3, -0.25) is 0 Å². The zero-order chi connectivity index (χ0) is 18.1. The van der Waals surface area contributed by atoms with E-state index in [-0.39, 0.29) is 0 Å². The average Bonchev–Trinajstić information content (AvgIpc) is 3.08. The fourth-order valence-electron chi connectivity index (χ4n) is 5.96. The van der Waals surface area contributed by atoms with Gasteiger partial charge in [-0.25, -0.2) is 0 Å². The van der Waals surface area contributed by atoms with Gasteiger partial charge < -0.3 is 0 Å². The Kier molecular flexibility index (Phi) is 5.56. The molecule has 1 aromatic rings. The van der Waals surface area contributed by atoms with E-state index in [1.165, 1.54) is 31.2 Å². The van der Waals surface area contributed by atoms with Gasteiger partial charge in [0.15, 0.2) is 0 Å². The number of allylic oxidation sites excluding steroid dienone is 5. The van der Waals surface area contributed by atoms with Crippen LogP contribution in [-0.2, 0) is 20.0 Å². The molecule has 1 aliphatic heterocycles. The van der Waals surface area contributed by atoms with Crippen molar-refractivity contribution >= 4 is 6.08 Å². The van der Waals surface area contributed by atoms with Crippen LogP contribution in [0.15, 0.2) is 53.6 Å². The molecule has 3 atom stereocenters. The summed E-state index contributed by atoms with van der Waals surface area (Å²) < 4.78 is 5.97. The maximum atomic E-state index is 2.51. The molecule has 4 rings (SSSR count). The van der Waals surface area contributed by atoms with Crippen LogP contribution < -0.4 is 0 Å². The van der Waals surface area contributed by atoms with Gasteiger partial charge in [-0.15, -0.1) is 0 Å². The predicted octanol–water partition coefficient (Wildman–Crippen LogP) is 8.11. The Bertz CT molecular complexity index is 747. The summed E-state index contributed by atoms with van der Waals surface area (Å²) in [6.45, 7) is 7.25. The Morgan fingerprint density at radius 2 is 1.96 bits per heavy atom. The second-order valence-corrected chi connectivity index (χ2v) is 26.3. The zero-order valence-corrected chi connectivity index (χ0v) is 20.4.